The highest BCUT2D eigenvalue weighted by atomic mass is 16.5. The fourth-order valence-electron chi connectivity index (χ4n) is 2.17. The van der Waals surface area contributed by atoms with Crippen LogP contribution in [0.4, 0.5) is 0 Å². The Morgan fingerprint density at radius 3 is 2.37 bits per heavy atom. The van der Waals surface area contributed by atoms with Gasteiger partial charge in [-0.15, -0.1) is 0 Å². The minimum absolute atomic E-state index is 0.00204. The van der Waals surface area contributed by atoms with E-state index in [0.717, 1.165) is 25.7 Å². The first kappa shape index (κ1) is 13.3. The molecule has 19 heavy (non-hydrogen) atoms. The van der Waals surface area contributed by atoms with Crippen molar-refractivity contribution in [3.63, 3.8) is 0 Å². The maximum Gasteiger partial charge on any atom is 0.336 e. The molecule has 4 nitrogen and oxygen atoms in total. The van der Waals surface area contributed by atoms with Crippen LogP contribution in [0.15, 0.2) is 35.9 Å². The molecule has 0 unspecified atom stereocenters. The standard InChI is InChI=1S/C15H18N2O2/c16-15(17)12-6-8-13(9-7-12)19-14(18)10-11-4-2-1-3-5-11/h6-10H,1-5H2,(H3,16,17). The molecule has 4 heteroatoms. The molecule has 1 fully saturated rings. The van der Waals surface area contributed by atoms with E-state index in [1.807, 2.05) is 0 Å². The van der Waals surface area contributed by atoms with Gasteiger partial charge in [0.05, 0.1) is 0 Å². The maximum absolute atomic E-state index is 11.7. The van der Waals surface area contributed by atoms with Gasteiger partial charge in [-0.2, -0.15) is 0 Å². The Kier molecular flexibility index (Phi) is 4.34. The summed E-state index contributed by atoms with van der Waals surface area (Å²) in [6.07, 6.45) is 7.17. The van der Waals surface area contributed by atoms with Gasteiger partial charge in [-0.25, -0.2) is 4.79 Å². The molecule has 1 aromatic carbocycles. The molecule has 1 aromatic rings. The fourth-order valence-corrected chi connectivity index (χ4v) is 2.17. The van der Waals surface area contributed by atoms with E-state index in [2.05, 4.69) is 0 Å². The highest BCUT2D eigenvalue weighted by molar-refractivity contribution is 5.95. The van der Waals surface area contributed by atoms with Crippen molar-refractivity contribution >= 4 is 11.8 Å². The third kappa shape index (κ3) is 3.95. The van der Waals surface area contributed by atoms with Crippen LogP contribution in [0.1, 0.15) is 37.7 Å². The first-order valence-electron chi connectivity index (χ1n) is 6.51. The molecule has 1 saturated carbocycles. The van der Waals surface area contributed by atoms with Crippen LogP contribution in [0.3, 0.4) is 0 Å². The minimum atomic E-state index is -0.326. The number of allylic oxidation sites excluding steroid dienone is 1. The van der Waals surface area contributed by atoms with Gasteiger partial charge in [0, 0.05) is 11.6 Å². The minimum Gasteiger partial charge on any atom is -0.423 e. The molecule has 0 amide bonds. The van der Waals surface area contributed by atoms with Gasteiger partial charge in [-0.3, -0.25) is 5.41 Å². The Hall–Kier alpha value is -2.10. The molecule has 0 spiro atoms. The largest absolute Gasteiger partial charge is 0.423 e. The Balaban J connectivity index is 1.96. The number of amidine groups is 1. The van der Waals surface area contributed by atoms with Crippen molar-refractivity contribution in [1.82, 2.24) is 0 Å². The van der Waals surface area contributed by atoms with Gasteiger partial charge in [-0.05, 0) is 49.9 Å². The third-order valence-corrected chi connectivity index (χ3v) is 3.20. The molecular formula is C15H18N2O2. The van der Waals surface area contributed by atoms with Crippen LogP contribution in [0.2, 0.25) is 0 Å². The van der Waals surface area contributed by atoms with Crippen molar-refractivity contribution < 1.29 is 9.53 Å². The van der Waals surface area contributed by atoms with Crippen molar-refractivity contribution in [2.45, 2.75) is 32.1 Å². The van der Waals surface area contributed by atoms with E-state index in [0.29, 0.717) is 11.3 Å². The van der Waals surface area contributed by atoms with Crippen LogP contribution in [0.5, 0.6) is 5.75 Å². The molecule has 1 aliphatic carbocycles. The summed E-state index contributed by atoms with van der Waals surface area (Å²) >= 11 is 0. The van der Waals surface area contributed by atoms with Gasteiger partial charge in [-0.1, -0.05) is 12.0 Å². The lowest BCUT2D eigenvalue weighted by Gasteiger charge is -2.12. The molecule has 100 valence electrons. The zero-order valence-corrected chi connectivity index (χ0v) is 10.8. The van der Waals surface area contributed by atoms with E-state index in [1.165, 1.54) is 12.0 Å². The molecule has 0 atom stereocenters. The van der Waals surface area contributed by atoms with Crippen LogP contribution in [0.25, 0.3) is 0 Å². The molecule has 0 aromatic heterocycles. The van der Waals surface area contributed by atoms with Crippen LogP contribution >= 0.6 is 0 Å². The topological polar surface area (TPSA) is 76.2 Å². The van der Waals surface area contributed by atoms with E-state index in [1.54, 1.807) is 30.3 Å². The highest BCUT2D eigenvalue weighted by Crippen LogP contribution is 2.22. The van der Waals surface area contributed by atoms with Gasteiger partial charge in [0.1, 0.15) is 11.6 Å². The second-order valence-corrected chi connectivity index (χ2v) is 4.72. The number of carbonyl (C=O) groups is 1. The Morgan fingerprint density at radius 2 is 1.79 bits per heavy atom. The Morgan fingerprint density at radius 1 is 1.16 bits per heavy atom. The van der Waals surface area contributed by atoms with Crippen LogP contribution in [-0.2, 0) is 4.79 Å². The number of hydrogen-bond donors (Lipinski definition) is 2. The summed E-state index contributed by atoms with van der Waals surface area (Å²) in [6, 6.07) is 6.62. The van der Waals surface area contributed by atoms with E-state index in [-0.39, 0.29) is 11.8 Å². The molecule has 1 aliphatic rings. The summed E-state index contributed by atoms with van der Waals surface area (Å²) in [7, 11) is 0. The molecule has 0 bridgehead atoms. The number of hydrogen-bond acceptors (Lipinski definition) is 3. The maximum atomic E-state index is 11.7. The van der Waals surface area contributed by atoms with Crippen molar-refractivity contribution in [3.8, 4) is 5.75 Å². The number of carbonyl (C=O) groups excluding carboxylic acids is 1. The number of nitrogens with two attached hydrogens (primary N) is 1. The van der Waals surface area contributed by atoms with Crippen molar-refractivity contribution in [2.75, 3.05) is 0 Å². The lowest BCUT2D eigenvalue weighted by molar-refractivity contribution is -0.129. The Bertz CT molecular complexity index is 495. The van der Waals surface area contributed by atoms with Crippen molar-refractivity contribution in [2.24, 2.45) is 5.73 Å². The average molecular weight is 258 g/mol. The molecule has 0 saturated heterocycles. The second-order valence-electron chi connectivity index (χ2n) is 4.72. The number of nitrogen functional groups attached to an aromatic ring is 1. The van der Waals surface area contributed by atoms with Gasteiger partial charge in [0.15, 0.2) is 0 Å². The number of ether oxygens (including phenoxy) is 1. The van der Waals surface area contributed by atoms with Crippen molar-refractivity contribution in [3.05, 3.63) is 41.5 Å². The van der Waals surface area contributed by atoms with Crippen LogP contribution in [-0.4, -0.2) is 11.8 Å². The number of nitrogens with one attached hydrogen (secondary N) is 1. The second kappa shape index (κ2) is 6.18. The molecule has 0 radical (unpaired) electrons. The molecule has 0 heterocycles. The zero-order valence-electron chi connectivity index (χ0n) is 10.8. The van der Waals surface area contributed by atoms with E-state index >= 15 is 0 Å². The molecule has 2 rings (SSSR count). The first-order chi connectivity index (χ1) is 9.15. The van der Waals surface area contributed by atoms with Gasteiger partial charge >= 0.3 is 5.97 Å². The summed E-state index contributed by atoms with van der Waals surface area (Å²) in [5.41, 5.74) is 7.15. The molecular weight excluding hydrogens is 240 g/mol. The van der Waals surface area contributed by atoms with Crippen LogP contribution in [0, 0.1) is 5.41 Å². The smallest absolute Gasteiger partial charge is 0.336 e. The lowest BCUT2D eigenvalue weighted by atomic mass is 9.95. The predicted octanol–water partition coefficient (Wildman–Crippen LogP) is 2.77. The third-order valence-electron chi connectivity index (χ3n) is 3.20. The number of esters is 1. The van der Waals surface area contributed by atoms with Crippen molar-refractivity contribution in [1.29, 1.82) is 5.41 Å². The van der Waals surface area contributed by atoms with E-state index < -0.39 is 0 Å². The van der Waals surface area contributed by atoms with E-state index in [9.17, 15) is 4.79 Å². The highest BCUT2D eigenvalue weighted by Gasteiger charge is 2.09. The molecule has 3 N–H and O–H groups in total. The summed E-state index contributed by atoms with van der Waals surface area (Å²) in [6.45, 7) is 0. The van der Waals surface area contributed by atoms with E-state index in [4.69, 9.17) is 15.9 Å². The average Bonchev–Trinajstić information content (AvgIpc) is 2.40. The SMILES string of the molecule is N=C(N)c1ccc(OC(=O)C=C2CCCCC2)cc1. The normalized spacial score (nSPS) is 14.8. The fraction of sp³-hybridized carbons (Fsp3) is 0.333. The van der Waals surface area contributed by atoms with Gasteiger partial charge in [0.2, 0.25) is 0 Å². The monoisotopic (exact) mass is 258 g/mol. The first-order valence-corrected chi connectivity index (χ1v) is 6.51. The summed E-state index contributed by atoms with van der Waals surface area (Å²) < 4.78 is 5.23. The zero-order chi connectivity index (χ0) is 13.7. The van der Waals surface area contributed by atoms with Crippen LogP contribution < -0.4 is 10.5 Å². The number of rotatable bonds is 3. The molecule has 0 aliphatic heterocycles. The number of benzene rings is 1. The summed E-state index contributed by atoms with van der Waals surface area (Å²) in [4.78, 5) is 11.7. The summed E-state index contributed by atoms with van der Waals surface area (Å²) in [5, 5.41) is 7.28. The quantitative estimate of drug-likeness (QED) is 0.288. The van der Waals surface area contributed by atoms with Gasteiger partial charge < -0.3 is 10.5 Å². The summed E-state index contributed by atoms with van der Waals surface area (Å²) in [5.74, 6) is 0.150. The lowest BCUT2D eigenvalue weighted by Crippen LogP contribution is -2.11. The Labute approximate surface area is 112 Å². The predicted molar refractivity (Wildman–Crippen MR) is 74.3 cm³/mol. The van der Waals surface area contributed by atoms with Gasteiger partial charge in [0.25, 0.3) is 0 Å².